The van der Waals surface area contributed by atoms with Crippen LogP contribution in [0.25, 0.3) is 22.8 Å². The fraction of sp³-hybridized carbons (Fsp3) is 0.0909. The fourth-order valence-corrected chi connectivity index (χ4v) is 4.18. The van der Waals surface area contributed by atoms with E-state index in [1.807, 2.05) is 30.3 Å². The van der Waals surface area contributed by atoms with Crippen LogP contribution in [0.15, 0.2) is 88.6 Å². The summed E-state index contributed by atoms with van der Waals surface area (Å²) in [5, 5.41) is 3.16. The van der Waals surface area contributed by atoms with Gasteiger partial charge < -0.3 is 5.32 Å². The topological polar surface area (TPSA) is 110 Å². The SMILES string of the molecule is O=S(=O)(NCCNc1cc(-c2cccnc2)nc(-c2ccccn2)n1)c1ccc(Br)cc1. The molecule has 0 aliphatic carbocycles. The summed E-state index contributed by atoms with van der Waals surface area (Å²) in [7, 11) is -3.60. The Morgan fingerprint density at radius 3 is 2.44 bits per heavy atom. The molecule has 0 fully saturated rings. The third-order valence-corrected chi connectivity index (χ3v) is 6.43. The van der Waals surface area contributed by atoms with Crippen molar-refractivity contribution in [3.63, 3.8) is 0 Å². The summed E-state index contributed by atoms with van der Waals surface area (Å²) >= 11 is 3.30. The Hall–Kier alpha value is -3.21. The van der Waals surface area contributed by atoms with Crippen LogP contribution in [-0.4, -0.2) is 41.4 Å². The first-order valence-corrected chi connectivity index (χ1v) is 12.0. The van der Waals surface area contributed by atoms with Gasteiger partial charge in [-0.2, -0.15) is 0 Å². The third-order valence-electron chi connectivity index (χ3n) is 4.42. The van der Waals surface area contributed by atoms with Crippen molar-refractivity contribution in [3.8, 4) is 22.8 Å². The largest absolute Gasteiger partial charge is 0.369 e. The number of nitrogens with one attached hydrogen (secondary N) is 2. The minimum Gasteiger partial charge on any atom is -0.369 e. The molecule has 0 saturated carbocycles. The minimum atomic E-state index is -3.60. The molecule has 0 spiro atoms. The highest BCUT2D eigenvalue weighted by molar-refractivity contribution is 9.10. The molecule has 2 N–H and O–H groups in total. The van der Waals surface area contributed by atoms with E-state index >= 15 is 0 Å². The molecular weight excluding hydrogens is 492 g/mol. The molecule has 3 aromatic heterocycles. The molecule has 0 amide bonds. The van der Waals surface area contributed by atoms with Crippen LogP contribution in [0.4, 0.5) is 5.82 Å². The Kier molecular flexibility index (Phi) is 6.84. The summed E-state index contributed by atoms with van der Waals surface area (Å²) < 4.78 is 28.3. The number of nitrogens with zero attached hydrogens (tertiary/aromatic N) is 4. The summed E-state index contributed by atoms with van der Waals surface area (Å²) in [4.78, 5) is 17.9. The average Bonchev–Trinajstić information content (AvgIpc) is 2.83. The van der Waals surface area contributed by atoms with Crippen LogP contribution in [0.2, 0.25) is 0 Å². The Morgan fingerprint density at radius 2 is 1.72 bits per heavy atom. The number of aromatic nitrogens is 4. The van der Waals surface area contributed by atoms with Crippen LogP contribution in [0.3, 0.4) is 0 Å². The van der Waals surface area contributed by atoms with Gasteiger partial charge in [-0.25, -0.2) is 23.1 Å². The molecule has 4 rings (SSSR count). The van der Waals surface area contributed by atoms with Gasteiger partial charge in [0.1, 0.15) is 11.5 Å². The van der Waals surface area contributed by atoms with E-state index in [1.54, 1.807) is 48.9 Å². The van der Waals surface area contributed by atoms with E-state index < -0.39 is 10.0 Å². The zero-order valence-corrected chi connectivity index (χ0v) is 19.2. The van der Waals surface area contributed by atoms with E-state index in [1.165, 1.54) is 0 Å². The zero-order chi connectivity index (χ0) is 22.4. The van der Waals surface area contributed by atoms with Gasteiger partial charge in [-0.3, -0.25) is 9.97 Å². The predicted molar refractivity (Wildman–Crippen MR) is 126 cm³/mol. The van der Waals surface area contributed by atoms with Crippen LogP contribution >= 0.6 is 15.9 Å². The van der Waals surface area contributed by atoms with Gasteiger partial charge in [-0.15, -0.1) is 0 Å². The third kappa shape index (κ3) is 5.52. The van der Waals surface area contributed by atoms with Crippen molar-refractivity contribution in [2.24, 2.45) is 0 Å². The van der Waals surface area contributed by atoms with E-state index in [0.717, 1.165) is 10.0 Å². The Bertz CT molecular complexity index is 1230. The lowest BCUT2D eigenvalue weighted by Gasteiger charge is -2.11. The molecule has 0 atom stereocenters. The van der Waals surface area contributed by atoms with Crippen molar-refractivity contribution in [3.05, 3.63) is 83.7 Å². The lowest BCUT2D eigenvalue weighted by atomic mass is 10.2. The first kappa shape index (κ1) is 22.0. The van der Waals surface area contributed by atoms with Crippen molar-refractivity contribution in [1.82, 2.24) is 24.7 Å². The first-order chi connectivity index (χ1) is 15.5. The van der Waals surface area contributed by atoms with Crippen molar-refractivity contribution >= 4 is 31.8 Å². The molecule has 8 nitrogen and oxygen atoms in total. The number of sulfonamides is 1. The maximum Gasteiger partial charge on any atom is 0.240 e. The molecule has 0 aliphatic rings. The number of rotatable bonds is 8. The lowest BCUT2D eigenvalue weighted by molar-refractivity contribution is 0.583. The summed E-state index contributed by atoms with van der Waals surface area (Å²) in [6.45, 7) is 0.518. The molecule has 0 saturated heterocycles. The Labute approximate surface area is 194 Å². The van der Waals surface area contributed by atoms with Gasteiger partial charge in [-0.1, -0.05) is 22.0 Å². The monoisotopic (exact) mass is 510 g/mol. The van der Waals surface area contributed by atoms with Crippen LogP contribution in [-0.2, 0) is 10.0 Å². The average molecular weight is 511 g/mol. The van der Waals surface area contributed by atoms with Crippen LogP contribution in [0, 0.1) is 0 Å². The molecule has 162 valence electrons. The second kappa shape index (κ2) is 9.94. The van der Waals surface area contributed by atoms with Gasteiger partial charge in [0.2, 0.25) is 10.0 Å². The molecule has 4 aromatic rings. The highest BCUT2D eigenvalue weighted by Crippen LogP contribution is 2.22. The molecule has 0 bridgehead atoms. The first-order valence-electron chi connectivity index (χ1n) is 9.71. The number of hydrogen-bond acceptors (Lipinski definition) is 7. The summed E-state index contributed by atoms with van der Waals surface area (Å²) in [6, 6.07) is 17.5. The van der Waals surface area contributed by atoms with Gasteiger partial charge in [0, 0.05) is 47.8 Å². The highest BCUT2D eigenvalue weighted by Gasteiger charge is 2.13. The van der Waals surface area contributed by atoms with Gasteiger partial charge >= 0.3 is 0 Å². The fourth-order valence-electron chi connectivity index (χ4n) is 2.88. The zero-order valence-electron chi connectivity index (χ0n) is 16.8. The normalized spacial score (nSPS) is 11.3. The molecule has 0 radical (unpaired) electrons. The molecule has 0 aliphatic heterocycles. The van der Waals surface area contributed by atoms with Crippen molar-refractivity contribution in [2.75, 3.05) is 18.4 Å². The highest BCUT2D eigenvalue weighted by atomic mass is 79.9. The van der Waals surface area contributed by atoms with Crippen LogP contribution in [0.1, 0.15) is 0 Å². The number of benzene rings is 1. The standard InChI is InChI=1S/C22H19BrN6O2S/c23-17-6-8-18(9-7-17)32(30,31)27-13-12-26-21-14-20(16-4-3-10-24-15-16)28-22(29-21)19-5-1-2-11-25-19/h1-11,14-15,27H,12-13H2,(H,26,28,29). The number of pyridine rings is 2. The van der Waals surface area contributed by atoms with Crippen LogP contribution < -0.4 is 10.0 Å². The van der Waals surface area contributed by atoms with Gasteiger partial charge in [-0.05, 0) is 48.5 Å². The lowest BCUT2D eigenvalue weighted by Crippen LogP contribution is -2.29. The van der Waals surface area contributed by atoms with E-state index in [2.05, 4.69) is 45.9 Å². The minimum absolute atomic E-state index is 0.184. The van der Waals surface area contributed by atoms with Gasteiger partial charge in [0.15, 0.2) is 5.82 Å². The van der Waals surface area contributed by atoms with E-state index in [4.69, 9.17) is 0 Å². The molecule has 10 heteroatoms. The second-order valence-corrected chi connectivity index (χ2v) is 9.38. The van der Waals surface area contributed by atoms with Crippen molar-refractivity contribution < 1.29 is 8.42 Å². The summed E-state index contributed by atoms with van der Waals surface area (Å²) in [6.07, 6.45) is 5.10. The van der Waals surface area contributed by atoms with E-state index in [9.17, 15) is 8.42 Å². The van der Waals surface area contributed by atoms with Crippen molar-refractivity contribution in [1.29, 1.82) is 0 Å². The van der Waals surface area contributed by atoms with E-state index in [-0.39, 0.29) is 11.4 Å². The van der Waals surface area contributed by atoms with Gasteiger partial charge in [0.05, 0.1) is 10.6 Å². The number of halogens is 1. The Balaban J connectivity index is 1.50. The van der Waals surface area contributed by atoms with Crippen molar-refractivity contribution in [2.45, 2.75) is 4.90 Å². The van der Waals surface area contributed by atoms with Crippen LogP contribution in [0.5, 0.6) is 0 Å². The maximum absolute atomic E-state index is 12.4. The maximum atomic E-state index is 12.4. The smallest absolute Gasteiger partial charge is 0.240 e. The number of hydrogen-bond donors (Lipinski definition) is 2. The summed E-state index contributed by atoms with van der Waals surface area (Å²) in [5.41, 5.74) is 2.16. The predicted octanol–water partition coefficient (Wildman–Crippen LogP) is 3.75. The summed E-state index contributed by atoms with van der Waals surface area (Å²) in [5.74, 6) is 1.02. The second-order valence-electron chi connectivity index (χ2n) is 6.70. The molecule has 32 heavy (non-hydrogen) atoms. The Morgan fingerprint density at radius 1 is 0.875 bits per heavy atom. The molecular formula is C22H19BrN6O2S. The molecule has 1 aromatic carbocycles. The quantitative estimate of drug-likeness (QED) is 0.347. The molecule has 3 heterocycles. The van der Waals surface area contributed by atoms with E-state index in [0.29, 0.717) is 29.6 Å². The van der Waals surface area contributed by atoms with Gasteiger partial charge in [0.25, 0.3) is 0 Å². The molecule has 0 unspecified atom stereocenters. The number of anilines is 1.